The zero-order chi connectivity index (χ0) is 21.1. The largest absolute Gasteiger partial charge is 2.00 e. The molecule has 0 heterocycles. The normalized spacial score (nSPS) is 13.8. The molecule has 0 bridgehead atoms. The van der Waals surface area contributed by atoms with Gasteiger partial charge in [0.2, 0.25) is 0 Å². The minimum Gasteiger partial charge on any atom is -0.418 e. The van der Waals surface area contributed by atoms with E-state index in [1.165, 1.54) is 0 Å². The molecule has 0 spiro atoms. The van der Waals surface area contributed by atoms with Crippen LogP contribution in [-0.4, -0.2) is 45.2 Å². The molecule has 0 atom stereocenters. The third kappa shape index (κ3) is 36.7. The Bertz CT molecular complexity index is 435. The number of nitrogens with zero attached hydrogens (tertiary/aromatic N) is 4. The molecule has 0 aliphatic heterocycles. The van der Waals surface area contributed by atoms with Crippen molar-refractivity contribution in [3.63, 3.8) is 0 Å². The summed E-state index contributed by atoms with van der Waals surface area (Å²) >= 11 is 0. The van der Waals surface area contributed by atoms with E-state index in [1.54, 1.807) is 12.4 Å². The number of rotatable bonds is 4. The van der Waals surface area contributed by atoms with Crippen LogP contribution in [0.5, 0.6) is 0 Å². The molecule has 0 radical (unpaired) electrons. The maximum Gasteiger partial charge on any atom is 2.00 e. The average Bonchev–Trinajstić information content (AvgIpc) is 2.33. The molecule has 0 aromatic carbocycles. The van der Waals surface area contributed by atoms with Crippen LogP contribution in [0.3, 0.4) is 0 Å². The molecular formula is C20H40MgN6. The van der Waals surface area contributed by atoms with Gasteiger partial charge in [-0.25, -0.2) is 10.2 Å². The van der Waals surface area contributed by atoms with Crippen LogP contribution in [0.2, 0.25) is 0 Å². The molecule has 0 amide bonds. The Kier molecular flexibility index (Phi) is 15.1. The third-order valence-electron chi connectivity index (χ3n) is 1.95. The van der Waals surface area contributed by atoms with Crippen LogP contribution in [0.1, 0.15) is 83.1 Å². The van der Waals surface area contributed by atoms with E-state index in [0.29, 0.717) is 0 Å². The van der Waals surface area contributed by atoms with Crippen molar-refractivity contribution < 1.29 is 0 Å². The standard InChI is InChI=1S/2C10H20N3.Mg/c2*1-9(2,3)11-7-8-12-13-10(4,5)6;/h2*7,11H,1-6H3;/q2*-1;+2. The molecule has 0 saturated carbocycles. The fourth-order valence-corrected chi connectivity index (χ4v) is 0.913. The van der Waals surface area contributed by atoms with Gasteiger partial charge < -0.3 is 33.3 Å². The second-order valence-corrected chi connectivity index (χ2v) is 10.1. The molecule has 7 heteroatoms. The van der Waals surface area contributed by atoms with Gasteiger partial charge in [0, 0.05) is 11.1 Å². The zero-order valence-electron chi connectivity index (χ0n) is 19.7. The summed E-state index contributed by atoms with van der Waals surface area (Å²) in [7, 11) is 0. The van der Waals surface area contributed by atoms with E-state index in [9.17, 15) is 0 Å². The molecule has 152 valence electrons. The minimum absolute atomic E-state index is 0. The molecule has 27 heavy (non-hydrogen) atoms. The van der Waals surface area contributed by atoms with Crippen LogP contribution in [0.15, 0.2) is 32.9 Å². The first-order valence-electron chi connectivity index (χ1n) is 8.95. The summed E-state index contributed by atoms with van der Waals surface area (Å²) in [5, 5.41) is 21.9. The number of nitrogens with one attached hydrogen (secondary N) is 2. The molecule has 0 rings (SSSR count). The van der Waals surface area contributed by atoms with E-state index < -0.39 is 0 Å². The molecule has 0 saturated heterocycles. The zero-order valence-corrected chi connectivity index (χ0v) is 21.1. The quantitative estimate of drug-likeness (QED) is 0.383. The Morgan fingerprint density at radius 1 is 0.556 bits per heavy atom. The maximum atomic E-state index is 4.02. The second kappa shape index (κ2) is 13.3. The first-order valence-corrected chi connectivity index (χ1v) is 8.95. The van der Waals surface area contributed by atoms with Gasteiger partial charge in [-0.3, -0.25) is 0 Å². The molecule has 0 unspecified atom stereocenters. The van der Waals surface area contributed by atoms with Gasteiger partial charge in [0.15, 0.2) is 0 Å². The molecule has 0 aliphatic carbocycles. The van der Waals surface area contributed by atoms with Crippen LogP contribution in [0.25, 0.3) is 0 Å². The summed E-state index contributed by atoms with van der Waals surface area (Å²) in [5.41, 5.74) is -0.125. The third-order valence-corrected chi connectivity index (χ3v) is 1.95. The molecule has 0 aromatic rings. The second-order valence-electron chi connectivity index (χ2n) is 10.1. The van der Waals surface area contributed by atoms with Crippen molar-refractivity contribution in [1.29, 1.82) is 0 Å². The van der Waals surface area contributed by atoms with E-state index in [-0.39, 0.29) is 45.2 Å². The Balaban J connectivity index is -0.000000411. The van der Waals surface area contributed by atoms with Gasteiger partial charge in [0.25, 0.3) is 0 Å². The first-order chi connectivity index (χ1) is 11.4. The van der Waals surface area contributed by atoms with Crippen molar-refractivity contribution in [2.45, 2.75) is 105 Å². The van der Waals surface area contributed by atoms with Gasteiger partial charge in [0.05, 0.1) is 11.1 Å². The van der Waals surface area contributed by atoms with Gasteiger partial charge in [0.1, 0.15) is 0 Å². The molecule has 0 aliphatic rings. The van der Waals surface area contributed by atoms with Gasteiger partial charge in [-0.1, -0.05) is 0 Å². The summed E-state index contributed by atoms with van der Waals surface area (Å²) in [6.07, 6.45) is 8.82. The van der Waals surface area contributed by atoms with Crippen molar-refractivity contribution >= 4 is 23.1 Å². The van der Waals surface area contributed by atoms with Gasteiger partial charge in [-0.15, -0.1) is 0 Å². The molecule has 0 fully saturated rings. The van der Waals surface area contributed by atoms with Crippen molar-refractivity contribution in [1.82, 2.24) is 10.6 Å². The van der Waals surface area contributed by atoms with Crippen LogP contribution in [0.4, 0.5) is 0 Å². The van der Waals surface area contributed by atoms with E-state index in [0.717, 1.165) is 0 Å². The molecule has 2 N–H and O–H groups in total. The number of azo groups is 2. The summed E-state index contributed by atoms with van der Waals surface area (Å²) in [6, 6.07) is 0. The number of hydrogen-bond donors (Lipinski definition) is 2. The van der Waals surface area contributed by atoms with Crippen LogP contribution >= 0.6 is 0 Å². The van der Waals surface area contributed by atoms with E-state index >= 15 is 0 Å². The Hall–Kier alpha value is -0.954. The van der Waals surface area contributed by atoms with E-state index in [2.05, 4.69) is 85.0 Å². The summed E-state index contributed by atoms with van der Waals surface area (Å²) in [6.45, 7) is 24.4. The van der Waals surface area contributed by atoms with Crippen molar-refractivity contribution in [3.8, 4) is 0 Å². The van der Waals surface area contributed by atoms with Crippen molar-refractivity contribution in [2.75, 3.05) is 0 Å². The Morgan fingerprint density at radius 3 is 1.00 bits per heavy atom. The molecular weight excluding hydrogens is 349 g/mol. The van der Waals surface area contributed by atoms with Crippen LogP contribution in [-0.2, 0) is 0 Å². The van der Waals surface area contributed by atoms with Crippen LogP contribution in [0, 0.1) is 12.4 Å². The number of hydrogen-bond acceptors (Lipinski definition) is 6. The van der Waals surface area contributed by atoms with Gasteiger partial charge >= 0.3 is 23.1 Å². The van der Waals surface area contributed by atoms with Crippen molar-refractivity contribution in [3.05, 3.63) is 24.8 Å². The van der Waals surface area contributed by atoms with E-state index in [1.807, 2.05) is 41.5 Å². The Labute approximate surface area is 184 Å². The predicted octanol–water partition coefficient (Wildman–Crippen LogP) is 5.42. The van der Waals surface area contributed by atoms with Gasteiger partial charge in [-0.05, 0) is 83.1 Å². The molecule has 0 aromatic heterocycles. The molecule has 6 nitrogen and oxygen atoms in total. The predicted molar refractivity (Wildman–Crippen MR) is 116 cm³/mol. The van der Waals surface area contributed by atoms with Gasteiger partial charge in [-0.2, -0.15) is 12.4 Å². The van der Waals surface area contributed by atoms with Crippen LogP contribution < -0.4 is 10.6 Å². The SMILES string of the molecule is CC(C)(C)N=N[C-]=CNC(C)(C)C.CC(C)(C)N=N[C-]=CNC(C)(C)C.[Mg+2]. The summed E-state index contributed by atoms with van der Waals surface area (Å²) in [4.78, 5) is 0. The monoisotopic (exact) mass is 388 g/mol. The maximum absolute atomic E-state index is 4.02. The topological polar surface area (TPSA) is 73.5 Å². The first kappa shape index (κ1) is 30.8. The summed E-state index contributed by atoms with van der Waals surface area (Å²) < 4.78 is 0. The fourth-order valence-electron chi connectivity index (χ4n) is 0.913. The average molecular weight is 389 g/mol. The minimum atomic E-state index is -0.122. The van der Waals surface area contributed by atoms with E-state index in [4.69, 9.17) is 0 Å². The fraction of sp³-hybridized carbons (Fsp3) is 0.800. The summed E-state index contributed by atoms with van der Waals surface area (Å²) in [5.74, 6) is 0. The van der Waals surface area contributed by atoms with Crippen molar-refractivity contribution in [2.24, 2.45) is 20.5 Å². The smallest absolute Gasteiger partial charge is 0.418 e. The Morgan fingerprint density at radius 2 is 0.815 bits per heavy atom.